The average Bonchev–Trinajstić information content (AvgIpc) is 2.40. The van der Waals surface area contributed by atoms with Gasteiger partial charge in [-0.1, -0.05) is 23.7 Å². The predicted molar refractivity (Wildman–Crippen MR) is 69.1 cm³/mol. The number of carbonyl (C=O) groups is 1. The lowest BCUT2D eigenvalue weighted by molar-refractivity contribution is 0.0697. The lowest BCUT2D eigenvalue weighted by Crippen LogP contribution is -1.99. The van der Waals surface area contributed by atoms with Crippen LogP contribution >= 0.6 is 11.6 Å². The fraction of sp³-hybridized carbons (Fsp3) is 0.0714. The van der Waals surface area contributed by atoms with Gasteiger partial charge in [-0.05, 0) is 29.8 Å². The Labute approximate surface area is 114 Å². The van der Waals surface area contributed by atoms with Crippen LogP contribution in [0.25, 0.3) is 0 Å². The molecule has 0 saturated carbocycles. The predicted octanol–water partition coefficient (Wildman–Crippen LogP) is 3.76. The maximum atomic E-state index is 13.2. The first-order chi connectivity index (χ1) is 9.06. The molecule has 0 radical (unpaired) electrons. The lowest BCUT2D eigenvalue weighted by Gasteiger charge is -2.07. The molecule has 3 nitrogen and oxygen atoms in total. The molecule has 0 amide bonds. The van der Waals surface area contributed by atoms with Gasteiger partial charge < -0.3 is 9.84 Å². The van der Waals surface area contributed by atoms with E-state index in [0.717, 1.165) is 5.56 Å². The van der Waals surface area contributed by atoms with Crippen molar-refractivity contribution in [1.82, 2.24) is 0 Å². The molecule has 2 rings (SSSR count). The maximum Gasteiger partial charge on any atom is 0.335 e. The Hall–Kier alpha value is -2.07. The highest BCUT2D eigenvalue weighted by Crippen LogP contribution is 2.21. The zero-order valence-electron chi connectivity index (χ0n) is 9.77. The Morgan fingerprint density at radius 1 is 1.21 bits per heavy atom. The Kier molecular flexibility index (Phi) is 4.02. The molecular formula is C14H10ClFO3. The van der Waals surface area contributed by atoms with Gasteiger partial charge in [0.25, 0.3) is 0 Å². The second kappa shape index (κ2) is 5.71. The molecule has 0 bridgehead atoms. The van der Waals surface area contributed by atoms with Crippen LogP contribution in [0, 0.1) is 5.82 Å². The molecule has 0 fully saturated rings. The molecule has 0 aliphatic rings. The standard InChI is InChI=1S/C14H10ClFO3/c15-12-6-5-11(7-13(12)16)19-8-9-1-3-10(4-2-9)14(17)18/h1-7H,8H2,(H,17,18). The van der Waals surface area contributed by atoms with E-state index in [1.54, 1.807) is 18.2 Å². The van der Waals surface area contributed by atoms with E-state index in [1.807, 2.05) is 0 Å². The molecule has 98 valence electrons. The molecule has 0 aliphatic carbocycles. The van der Waals surface area contributed by atoms with E-state index >= 15 is 0 Å². The van der Waals surface area contributed by atoms with E-state index in [4.69, 9.17) is 21.4 Å². The van der Waals surface area contributed by atoms with Crippen LogP contribution in [-0.4, -0.2) is 11.1 Å². The molecule has 19 heavy (non-hydrogen) atoms. The number of ether oxygens (including phenoxy) is 1. The Morgan fingerprint density at radius 3 is 2.47 bits per heavy atom. The number of halogens is 2. The van der Waals surface area contributed by atoms with E-state index in [-0.39, 0.29) is 17.2 Å². The highest BCUT2D eigenvalue weighted by Gasteiger charge is 2.04. The second-order valence-electron chi connectivity index (χ2n) is 3.87. The van der Waals surface area contributed by atoms with Gasteiger partial charge in [0, 0.05) is 6.07 Å². The van der Waals surface area contributed by atoms with Crippen molar-refractivity contribution in [3.63, 3.8) is 0 Å². The fourth-order valence-electron chi connectivity index (χ4n) is 1.48. The Bertz CT molecular complexity index is 596. The first-order valence-corrected chi connectivity index (χ1v) is 5.84. The van der Waals surface area contributed by atoms with Crippen molar-refractivity contribution in [2.45, 2.75) is 6.61 Å². The number of rotatable bonds is 4. The van der Waals surface area contributed by atoms with Crippen LogP contribution < -0.4 is 4.74 Å². The normalized spacial score (nSPS) is 10.2. The van der Waals surface area contributed by atoms with Crippen LogP contribution in [0.3, 0.4) is 0 Å². The highest BCUT2D eigenvalue weighted by molar-refractivity contribution is 6.30. The molecule has 0 spiro atoms. The van der Waals surface area contributed by atoms with Crippen molar-refractivity contribution in [3.05, 3.63) is 64.4 Å². The van der Waals surface area contributed by atoms with Gasteiger partial charge >= 0.3 is 5.97 Å². The van der Waals surface area contributed by atoms with Crippen LogP contribution in [0.1, 0.15) is 15.9 Å². The van der Waals surface area contributed by atoms with Crippen molar-refractivity contribution >= 4 is 17.6 Å². The van der Waals surface area contributed by atoms with Crippen LogP contribution in [-0.2, 0) is 6.61 Å². The molecule has 0 heterocycles. The molecular weight excluding hydrogens is 271 g/mol. The summed E-state index contributed by atoms with van der Waals surface area (Å²) in [5, 5.41) is 8.79. The van der Waals surface area contributed by atoms with E-state index in [0.29, 0.717) is 5.75 Å². The van der Waals surface area contributed by atoms with Crippen molar-refractivity contribution < 1.29 is 19.0 Å². The largest absolute Gasteiger partial charge is 0.489 e. The number of carboxylic acids is 1. The smallest absolute Gasteiger partial charge is 0.335 e. The highest BCUT2D eigenvalue weighted by atomic mass is 35.5. The zero-order valence-corrected chi connectivity index (χ0v) is 10.5. The molecule has 0 unspecified atom stereocenters. The minimum Gasteiger partial charge on any atom is -0.489 e. The molecule has 2 aromatic rings. The number of benzene rings is 2. The third-order valence-corrected chi connectivity index (χ3v) is 2.80. The first kappa shape index (κ1) is 13.4. The summed E-state index contributed by atoms with van der Waals surface area (Å²) in [6.45, 7) is 0.223. The fourth-order valence-corrected chi connectivity index (χ4v) is 1.59. The van der Waals surface area contributed by atoms with E-state index < -0.39 is 11.8 Å². The Morgan fingerprint density at radius 2 is 1.89 bits per heavy atom. The SMILES string of the molecule is O=C(O)c1ccc(COc2ccc(Cl)c(F)c2)cc1. The van der Waals surface area contributed by atoms with Crippen molar-refractivity contribution in [1.29, 1.82) is 0 Å². The number of hydrogen-bond donors (Lipinski definition) is 1. The van der Waals surface area contributed by atoms with Gasteiger partial charge in [0.15, 0.2) is 0 Å². The summed E-state index contributed by atoms with van der Waals surface area (Å²) >= 11 is 5.56. The summed E-state index contributed by atoms with van der Waals surface area (Å²) in [5.74, 6) is -1.16. The Balaban J connectivity index is 2.01. The van der Waals surface area contributed by atoms with E-state index in [2.05, 4.69) is 0 Å². The van der Waals surface area contributed by atoms with Gasteiger partial charge in [-0.3, -0.25) is 0 Å². The van der Waals surface area contributed by atoms with Gasteiger partial charge in [0.05, 0.1) is 10.6 Å². The van der Waals surface area contributed by atoms with Crippen molar-refractivity contribution in [2.75, 3.05) is 0 Å². The third kappa shape index (κ3) is 3.45. The third-order valence-electron chi connectivity index (χ3n) is 2.50. The molecule has 0 atom stereocenters. The quantitative estimate of drug-likeness (QED) is 0.927. The number of hydrogen-bond acceptors (Lipinski definition) is 2. The van der Waals surface area contributed by atoms with Crippen molar-refractivity contribution in [3.8, 4) is 5.75 Å². The minimum absolute atomic E-state index is 0.0400. The molecule has 5 heteroatoms. The van der Waals surface area contributed by atoms with Crippen LogP contribution in [0.4, 0.5) is 4.39 Å². The molecule has 2 aromatic carbocycles. The van der Waals surface area contributed by atoms with Crippen LogP contribution in [0.2, 0.25) is 5.02 Å². The lowest BCUT2D eigenvalue weighted by atomic mass is 10.1. The van der Waals surface area contributed by atoms with Gasteiger partial charge in [-0.25, -0.2) is 9.18 Å². The first-order valence-electron chi connectivity index (χ1n) is 5.46. The topological polar surface area (TPSA) is 46.5 Å². The summed E-state index contributed by atoms with van der Waals surface area (Å²) in [6.07, 6.45) is 0. The minimum atomic E-state index is -0.979. The van der Waals surface area contributed by atoms with Crippen LogP contribution in [0.5, 0.6) is 5.75 Å². The molecule has 1 N–H and O–H groups in total. The second-order valence-corrected chi connectivity index (χ2v) is 4.27. The van der Waals surface area contributed by atoms with Gasteiger partial charge in [0.1, 0.15) is 18.2 Å². The molecule has 0 aliphatic heterocycles. The maximum absolute atomic E-state index is 13.2. The van der Waals surface area contributed by atoms with Gasteiger partial charge in [0.2, 0.25) is 0 Å². The summed E-state index contributed by atoms with van der Waals surface area (Å²) < 4.78 is 18.6. The van der Waals surface area contributed by atoms with Gasteiger partial charge in [-0.15, -0.1) is 0 Å². The summed E-state index contributed by atoms with van der Waals surface area (Å²) in [7, 11) is 0. The summed E-state index contributed by atoms with van der Waals surface area (Å²) in [5.41, 5.74) is 1.00. The molecule has 0 saturated heterocycles. The van der Waals surface area contributed by atoms with E-state index in [1.165, 1.54) is 24.3 Å². The zero-order chi connectivity index (χ0) is 13.8. The number of aromatic carboxylic acids is 1. The monoisotopic (exact) mass is 280 g/mol. The van der Waals surface area contributed by atoms with Gasteiger partial charge in [-0.2, -0.15) is 0 Å². The average molecular weight is 281 g/mol. The summed E-state index contributed by atoms with van der Waals surface area (Å²) in [4.78, 5) is 10.7. The van der Waals surface area contributed by atoms with Crippen LogP contribution in [0.15, 0.2) is 42.5 Å². The van der Waals surface area contributed by atoms with E-state index in [9.17, 15) is 9.18 Å². The summed E-state index contributed by atoms with van der Waals surface area (Å²) in [6, 6.07) is 10.5. The van der Waals surface area contributed by atoms with Crippen molar-refractivity contribution in [2.24, 2.45) is 0 Å². The number of carboxylic acid groups (broad SMARTS) is 1. The molecule has 0 aromatic heterocycles.